The number of carbonyl (C=O) groups excluding carboxylic acids is 2. The molecule has 0 saturated heterocycles. The van der Waals surface area contributed by atoms with Crippen molar-refractivity contribution in [1.82, 2.24) is 0 Å². The fraction of sp³-hybridized carbons (Fsp3) is 0.0769. The average Bonchev–Trinajstić information content (AvgIpc) is 3.16. The summed E-state index contributed by atoms with van der Waals surface area (Å²) in [5, 5.41) is 0.854. The van der Waals surface area contributed by atoms with E-state index in [1.54, 1.807) is 13.2 Å². The van der Waals surface area contributed by atoms with Gasteiger partial charge in [-0.2, -0.15) is 0 Å². The summed E-state index contributed by atoms with van der Waals surface area (Å²) < 4.78 is 12.5. The van der Waals surface area contributed by atoms with Crippen LogP contribution in [0.3, 0.4) is 0 Å². The number of carbonyl (C=O) groups is 2. The van der Waals surface area contributed by atoms with Gasteiger partial charge in [-0.1, -0.05) is 42.5 Å². The third-order valence-corrected chi connectivity index (χ3v) is 6.05. The van der Waals surface area contributed by atoms with Crippen LogP contribution in [0.4, 0.5) is 0 Å². The Balaban J connectivity index is 1.79. The van der Waals surface area contributed by atoms with Gasteiger partial charge in [-0.3, -0.25) is 9.59 Å². The minimum absolute atomic E-state index is 0.0706. The molecule has 4 aromatic rings. The highest BCUT2D eigenvalue weighted by Gasteiger charge is 2.23. The van der Waals surface area contributed by atoms with Crippen molar-refractivity contribution in [3.05, 3.63) is 94.4 Å². The molecule has 3 aromatic carbocycles. The zero-order valence-electron chi connectivity index (χ0n) is 17.1. The van der Waals surface area contributed by atoms with Gasteiger partial charge in [0.15, 0.2) is 5.75 Å². The first kappa shape index (κ1) is 20.6. The van der Waals surface area contributed by atoms with E-state index in [-0.39, 0.29) is 5.78 Å². The smallest absolute Gasteiger partial charge is 0.207 e. The third-order valence-electron chi connectivity index (χ3n) is 4.91. The highest BCUT2D eigenvalue weighted by molar-refractivity contribution is 7.21. The molecular formula is C26H20O4S. The van der Waals surface area contributed by atoms with E-state index >= 15 is 0 Å². The number of fused-ring (bicyclic) bond motifs is 1. The lowest BCUT2D eigenvalue weighted by Gasteiger charge is -2.09. The molecule has 0 saturated carbocycles. The van der Waals surface area contributed by atoms with Crippen molar-refractivity contribution in [1.29, 1.82) is 0 Å². The Kier molecular flexibility index (Phi) is 5.96. The second-order valence-electron chi connectivity index (χ2n) is 6.93. The molecule has 0 aliphatic rings. The zero-order chi connectivity index (χ0) is 21.8. The number of ether oxygens (including phenoxy) is 2. The van der Waals surface area contributed by atoms with Crippen LogP contribution < -0.4 is 9.47 Å². The van der Waals surface area contributed by atoms with Crippen molar-refractivity contribution in [2.75, 3.05) is 7.11 Å². The Bertz CT molecular complexity index is 1280. The molecule has 0 aliphatic heterocycles. The van der Waals surface area contributed by atoms with Crippen LogP contribution in [0.2, 0.25) is 0 Å². The molecule has 0 fully saturated rings. The van der Waals surface area contributed by atoms with Gasteiger partial charge in [0.05, 0.1) is 7.11 Å². The largest absolute Gasteiger partial charge is 0.497 e. The van der Waals surface area contributed by atoms with Gasteiger partial charge in [-0.05, 0) is 54.5 Å². The van der Waals surface area contributed by atoms with Crippen molar-refractivity contribution < 1.29 is 19.1 Å². The van der Waals surface area contributed by atoms with Crippen LogP contribution in [0, 0.1) is 6.92 Å². The molecule has 31 heavy (non-hydrogen) atoms. The van der Waals surface area contributed by atoms with E-state index in [0.29, 0.717) is 21.9 Å². The van der Waals surface area contributed by atoms with E-state index in [1.807, 2.05) is 73.7 Å². The summed E-state index contributed by atoms with van der Waals surface area (Å²) in [5.74, 6) is 1.80. The number of aldehydes is 1. The number of hydrogen-bond acceptors (Lipinski definition) is 5. The average molecular weight is 429 g/mol. The highest BCUT2D eigenvalue weighted by atomic mass is 32.1. The molecule has 0 radical (unpaired) electrons. The second kappa shape index (κ2) is 8.98. The lowest BCUT2D eigenvalue weighted by atomic mass is 10.0. The van der Waals surface area contributed by atoms with Gasteiger partial charge in [0.25, 0.3) is 0 Å². The minimum atomic E-state index is -0.0706. The number of rotatable bonds is 7. The van der Waals surface area contributed by atoms with Gasteiger partial charge in [0.2, 0.25) is 5.78 Å². The molecule has 4 nitrogen and oxygen atoms in total. The molecule has 1 aromatic heterocycles. The van der Waals surface area contributed by atoms with E-state index in [1.165, 1.54) is 17.4 Å². The lowest BCUT2D eigenvalue weighted by Crippen LogP contribution is -2.03. The Hall–Kier alpha value is -3.70. The normalized spacial score (nSPS) is 11.0. The Morgan fingerprint density at radius 2 is 1.71 bits per heavy atom. The van der Waals surface area contributed by atoms with E-state index in [4.69, 9.17) is 9.47 Å². The Morgan fingerprint density at radius 1 is 0.968 bits per heavy atom. The Labute approximate surface area is 184 Å². The summed E-state index contributed by atoms with van der Waals surface area (Å²) in [5.41, 5.74) is 2.45. The van der Waals surface area contributed by atoms with Crippen molar-refractivity contribution in [2.24, 2.45) is 0 Å². The maximum Gasteiger partial charge on any atom is 0.207 e. The summed E-state index contributed by atoms with van der Waals surface area (Å²) in [6, 6.07) is 20.6. The number of thiophene rings is 1. The van der Waals surface area contributed by atoms with Gasteiger partial charge in [0.1, 0.15) is 22.7 Å². The van der Waals surface area contributed by atoms with Crippen LogP contribution in [-0.2, 0) is 4.79 Å². The first-order valence-electron chi connectivity index (χ1n) is 9.71. The number of allylic oxidation sites excluding steroid dienone is 1. The van der Waals surface area contributed by atoms with Crippen LogP contribution in [-0.4, -0.2) is 19.2 Å². The molecule has 0 spiro atoms. The minimum Gasteiger partial charge on any atom is -0.497 e. The number of methoxy groups -OCH3 is 1. The Morgan fingerprint density at radius 3 is 2.42 bits per heavy atom. The van der Waals surface area contributed by atoms with Gasteiger partial charge in [-0.25, -0.2) is 0 Å². The molecule has 0 atom stereocenters. The molecule has 0 bridgehead atoms. The van der Waals surface area contributed by atoms with Gasteiger partial charge >= 0.3 is 0 Å². The molecule has 5 heteroatoms. The number of ketones is 1. The summed E-state index contributed by atoms with van der Waals surface area (Å²) in [7, 11) is 1.62. The molecule has 1 heterocycles. The van der Waals surface area contributed by atoms with Gasteiger partial charge < -0.3 is 9.47 Å². The van der Waals surface area contributed by atoms with Crippen molar-refractivity contribution in [3.8, 4) is 17.2 Å². The van der Waals surface area contributed by atoms with Crippen molar-refractivity contribution in [2.45, 2.75) is 6.92 Å². The monoisotopic (exact) mass is 428 g/mol. The van der Waals surface area contributed by atoms with E-state index < -0.39 is 0 Å². The molecule has 0 amide bonds. The van der Waals surface area contributed by atoms with Gasteiger partial charge in [-0.15, -0.1) is 11.3 Å². The predicted octanol–water partition coefficient (Wildman–Crippen LogP) is 6.45. The molecule has 154 valence electrons. The fourth-order valence-corrected chi connectivity index (χ4v) is 4.41. The highest BCUT2D eigenvalue weighted by Crippen LogP contribution is 2.43. The maximum absolute atomic E-state index is 13.4. The third kappa shape index (κ3) is 4.27. The zero-order valence-corrected chi connectivity index (χ0v) is 17.9. The standard InChI is InChI=1S/C26H20O4S/c1-17-6-3-4-8-21(17)24(28)26-25(22-14-13-20(29-2)16-23(22)31-26)30-19-11-9-18(10-12-19)7-5-15-27/h3-16H,1-2H3/b7-5+. The van der Waals surface area contributed by atoms with E-state index in [9.17, 15) is 9.59 Å². The molecule has 0 N–H and O–H groups in total. The summed E-state index contributed by atoms with van der Waals surface area (Å²) >= 11 is 1.39. The molecule has 4 rings (SSSR count). The second-order valence-corrected chi connectivity index (χ2v) is 7.98. The van der Waals surface area contributed by atoms with Crippen LogP contribution in [0.25, 0.3) is 16.2 Å². The maximum atomic E-state index is 13.4. The topological polar surface area (TPSA) is 52.6 Å². The summed E-state index contributed by atoms with van der Waals surface area (Å²) in [4.78, 5) is 24.5. The molecule has 0 aliphatic carbocycles. The SMILES string of the molecule is COc1ccc2c(Oc3ccc(/C=C/C=O)cc3)c(C(=O)c3ccccc3C)sc2c1. The van der Waals surface area contributed by atoms with Crippen LogP contribution in [0.5, 0.6) is 17.2 Å². The predicted molar refractivity (Wildman–Crippen MR) is 125 cm³/mol. The molecular weight excluding hydrogens is 408 g/mol. The van der Waals surface area contributed by atoms with Crippen molar-refractivity contribution >= 4 is 39.6 Å². The first-order chi connectivity index (χ1) is 15.1. The summed E-state index contributed by atoms with van der Waals surface area (Å²) in [6.45, 7) is 1.93. The van der Waals surface area contributed by atoms with E-state index in [2.05, 4.69) is 0 Å². The summed E-state index contributed by atoms with van der Waals surface area (Å²) in [6.07, 6.45) is 3.89. The van der Waals surface area contributed by atoms with E-state index in [0.717, 1.165) is 33.2 Å². The van der Waals surface area contributed by atoms with Gasteiger partial charge in [0, 0.05) is 15.6 Å². The van der Waals surface area contributed by atoms with Crippen molar-refractivity contribution in [3.63, 3.8) is 0 Å². The quantitative estimate of drug-likeness (QED) is 0.193. The number of benzene rings is 3. The fourth-order valence-electron chi connectivity index (χ4n) is 3.30. The molecule has 0 unspecified atom stereocenters. The number of hydrogen-bond donors (Lipinski definition) is 0. The van der Waals surface area contributed by atoms with Crippen LogP contribution in [0.15, 0.2) is 72.8 Å². The van der Waals surface area contributed by atoms with Crippen LogP contribution in [0.1, 0.15) is 26.4 Å². The lowest BCUT2D eigenvalue weighted by molar-refractivity contribution is -0.104. The number of aryl methyl sites for hydroxylation is 1. The van der Waals surface area contributed by atoms with Crippen LogP contribution >= 0.6 is 11.3 Å². The first-order valence-corrected chi connectivity index (χ1v) is 10.5.